The van der Waals surface area contributed by atoms with Crippen molar-refractivity contribution in [3.05, 3.63) is 60.3 Å². The first-order valence-electron chi connectivity index (χ1n) is 12.2. The number of hydrogen-bond acceptors (Lipinski definition) is 3. The lowest BCUT2D eigenvalue weighted by molar-refractivity contribution is 0.130. The lowest BCUT2D eigenvalue weighted by atomic mass is 10.0. The summed E-state index contributed by atoms with van der Waals surface area (Å²) in [6, 6.07) is 12.9. The van der Waals surface area contributed by atoms with E-state index in [1.54, 1.807) is 0 Å². The second-order valence-electron chi connectivity index (χ2n) is 8.10. The molecule has 170 valence electrons. The molecule has 1 aromatic heterocycles. The maximum absolute atomic E-state index is 5.83. The van der Waals surface area contributed by atoms with Crippen molar-refractivity contribution in [2.75, 3.05) is 19.8 Å². The van der Waals surface area contributed by atoms with Gasteiger partial charge in [-0.15, -0.1) is 0 Å². The van der Waals surface area contributed by atoms with Gasteiger partial charge in [0.05, 0.1) is 18.5 Å². The van der Waals surface area contributed by atoms with Crippen LogP contribution in [0.4, 0.5) is 0 Å². The monoisotopic (exact) mass is 423 g/mol. The van der Waals surface area contributed by atoms with Crippen LogP contribution in [-0.4, -0.2) is 24.8 Å². The molecule has 0 amide bonds. The summed E-state index contributed by atoms with van der Waals surface area (Å²) in [6.45, 7) is 6.90. The van der Waals surface area contributed by atoms with E-state index in [4.69, 9.17) is 9.47 Å². The number of allylic oxidation sites excluding steroid dienone is 2. The maximum atomic E-state index is 5.83. The van der Waals surface area contributed by atoms with Gasteiger partial charge >= 0.3 is 0 Å². The van der Waals surface area contributed by atoms with E-state index >= 15 is 0 Å². The highest BCUT2D eigenvalue weighted by atomic mass is 16.5. The van der Waals surface area contributed by atoms with Crippen LogP contribution >= 0.6 is 0 Å². The highest BCUT2D eigenvalue weighted by Crippen LogP contribution is 2.21. The molecule has 0 aliphatic heterocycles. The number of rotatable bonds is 17. The van der Waals surface area contributed by atoms with Crippen LogP contribution in [0.15, 0.2) is 54.7 Å². The fourth-order valence-corrected chi connectivity index (χ4v) is 3.39. The molecule has 0 N–H and O–H groups in total. The fourth-order valence-electron chi connectivity index (χ4n) is 3.39. The van der Waals surface area contributed by atoms with E-state index in [1.807, 2.05) is 18.3 Å². The van der Waals surface area contributed by atoms with Crippen molar-refractivity contribution in [3.63, 3.8) is 0 Å². The highest BCUT2D eigenvalue weighted by Gasteiger charge is 2.02. The van der Waals surface area contributed by atoms with E-state index in [0.29, 0.717) is 0 Å². The van der Waals surface area contributed by atoms with Crippen molar-refractivity contribution in [3.8, 4) is 17.0 Å². The van der Waals surface area contributed by atoms with E-state index in [2.05, 4.69) is 55.2 Å². The zero-order chi connectivity index (χ0) is 22.0. The third-order valence-electron chi connectivity index (χ3n) is 5.24. The molecule has 0 atom stereocenters. The lowest BCUT2D eigenvalue weighted by Gasteiger charge is -2.07. The van der Waals surface area contributed by atoms with E-state index in [-0.39, 0.29) is 0 Å². The zero-order valence-electron chi connectivity index (χ0n) is 19.7. The molecule has 2 aromatic rings. The Kier molecular flexibility index (Phi) is 13.4. The summed E-state index contributed by atoms with van der Waals surface area (Å²) in [7, 11) is 0. The average molecular weight is 424 g/mol. The third kappa shape index (κ3) is 11.2. The first kappa shape index (κ1) is 25.1. The number of ether oxygens (including phenoxy) is 2. The van der Waals surface area contributed by atoms with Crippen LogP contribution in [0.3, 0.4) is 0 Å². The Morgan fingerprint density at radius 3 is 2.29 bits per heavy atom. The predicted octanol–water partition coefficient (Wildman–Crippen LogP) is 7.79. The summed E-state index contributed by atoms with van der Waals surface area (Å²) < 4.78 is 11.4. The van der Waals surface area contributed by atoms with E-state index in [1.165, 1.54) is 37.7 Å². The molecule has 0 fully saturated rings. The number of aromatic nitrogens is 1. The van der Waals surface area contributed by atoms with Crippen molar-refractivity contribution < 1.29 is 9.47 Å². The lowest BCUT2D eigenvalue weighted by Crippen LogP contribution is -1.97. The molecular formula is C28H41NO2. The molecule has 0 saturated carbocycles. The van der Waals surface area contributed by atoms with Crippen LogP contribution in [0.5, 0.6) is 5.75 Å². The molecule has 3 nitrogen and oxygen atoms in total. The van der Waals surface area contributed by atoms with Gasteiger partial charge in [-0.3, -0.25) is 4.98 Å². The van der Waals surface area contributed by atoms with Crippen molar-refractivity contribution in [1.29, 1.82) is 0 Å². The molecule has 0 radical (unpaired) electrons. The van der Waals surface area contributed by atoms with Gasteiger partial charge in [-0.25, -0.2) is 0 Å². The number of nitrogens with zero attached hydrogens (tertiary/aromatic N) is 1. The van der Waals surface area contributed by atoms with E-state index in [9.17, 15) is 0 Å². The average Bonchev–Trinajstić information content (AvgIpc) is 2.81. The summed E-state index contributed by atoms with van der Waals surface area (Å²) in [5.41, 5.74) is 3.54. The highest BCUT2D eigenvalue weighted by molar-refractivity contribution is 5.59. The smallest absolute Gasteiger partial charge is 0.137 e. The van der Waals surface area contributed by atoms with E-state index in [0.717, 1.165) is 68.9 Å². The summed E-state index contributed by atoms with van der Waals surface area (Å²) in [6.07, 6.45) is 18.0. The zero-order valence-corrected chi connectivity index (χ0v) is 19.7. The predicted molar refractivity (Wildman–Crippen MR) is 132 cm³/mol. The first-order valence-corrected chi connectivity index (χ1v) is 12.2. The van der Waals surface area contributed by atoms with Gasteiger partial charge in [0.2, 0.25) is 0 Å². The summed E-state index contributed by atoms with van der Waals surface area (Å²) >= 11 is 0. The second kappa shape index (κ2) is 16.5. The van der Waals surface area contributed by atoms with Crippen LogP contribution in [0.2, 0.25) is 0 Å². The van der Waals surface area contributed by atoms with Gasteiger partial charge in [-0.05, 0) is 69.1 Å². The van der Waals surface area contributed by atoms with Gasteiger partial charge in [-0.2, -0.15) is 0 Å². The van der Waals surface area contributed by atoms with Crippen LogP contribution in [0.1, 0.15) is 77.2 Å². The molecule has 2 rings (SSSR count). The van der Waals surface area contributed by atoms with E-state index < -0.39 is 0 Å². The minimum absolute atomic E-state index is 0.752. The molecule has 31 heavy (non-hydrogen) atoms. The standard InChI is InChI=1S/C28H41NO2/c1-3-5-6-7-8-9-13-23-31-27-19-20-28(29-24-27)26-17-15-25(16-18-26)14-11-10-12-22-30-21-4-2/h6-7,15-20,24H,3-5,8-14,21-23H2,1-2H3. The first-order chi connectivity index (χ1) is 15.3. The molecule has 1 heterocycles. The number of aryl methyl sites for hydroxylation is 1. The van der Waals surface area contributed by atoms with Gasteiger partial charge in [0.25, 0.3) is 0 Å². The van der Waals surface area contributed by atoms with Crippen molar-refractivity contribution in [2.45, 2.75) is 78.1 Å². The third-order valence-corrected chi connectivity index (χ3v) is 5.24. The molecule has 0 spiro atoms. The molecule has 3 heteroatoms. The minimum atomic E-state index is 0.752. The van der Waals surface area contributed by atoms with Crippen LogP contribution in [0.25, 0.3) is 11.3 Å². The quantitative estimate of drug-likeness (QED) is 0.192. The Morgan fingerprint density at radius 1 is 0.742 bits per heavy atom. The van der Waals surface area contributed by atoms with Crippen LogP contribution in [0, 0.1) is 0 Å². The van der Waals surface area contributed by atoms with Gasteiger partial charge < -0.3 is 9.47 Å². The van der Waals surface area contributed by atoms with Gasteiger partial charge in [0.15, 0.2) is 0 Å². The Morgan fingerprint density at radius 2 is 1.55 bits per heavy atom. The Balaban J connectivity index is 1.65. The number of unbranched alkanes of at least 4 members (excludes halogenated alkanes) is 5. The molecule has 1 aromatic carbocycles. The van der Waals surface area contributed by atoms with Crippen LogP contribution < -0.4 is 4.74 Å². The minimum Gasteiger partial charge on any atom is -0.492 e. The SMILES string of the molecule is CCCC=CCCCCOc1ccc(-c2ccc(CCCCCOCCC)cc2)nc1. The summed E-state index contributed by atoms with van der Waals surface area (Å²) in [5.74, 6) is 0.852. The maximum Gasteiger partial charge on any atom is 0.137 e. The Hall–Kier alpha value is -2.13. The summed E-state index contributed by atoms with van der Waals surface area (Å²) in [4.78, 5) is 4.59. The number of pyridine rings is 1. The van der Waals surface area contributed by atoms with Crippen molar-refractivity contribution in [1.82, 2.24) is 4.98 Å². The largest absolute Gasteiger partial charge is 0.492 e. The van der Waals surface area contributed by atoms with Crippen molar-refractivity contribution >= 4 is 0 Å². The normalized spacial score (nSPS) is 11.3. The molecular weight excluding hydrogens is 382 g/mol. The fraction of sp³-hybridized carbons (Fsp3) is 0.536. The molecule has 0 aliphatic rings. The van der Waals surface area contributed by atoms with Gasteiger partial charge in [0, 0.05) is 18.8 Å². The molecule has 0 saturated heterocycles. The number of hydrogen-bond donors (Lipinski definition) is 0. The number of benzene rings is 1. The second-order valence-corrected chi connectivity index (χ2v) is 8.10. The molecule has 0 unspecified atom stereocenters. The van der Waals surface area contributed by atoms with Crippen molar-refractivity contribution in [2.24, 2.45) is 0 Å². The molecule has 0 aliphatic carbocycles. The summed E-state index contributed by atoms with van der Waals surface area (Å²) in [5, 5.41) is 0. The molecule has 0 bridgehead atoms. The van der Waals surface area contributed by atoms with Gasteiger partial charge in [0.1, 0.15) is 5.75 Å². The Labute approximate surface area is 189 Å². The van der Waals surface area contributed by atoms with Gasteiger partial charge in [-0.1, -0.05) is 63.1 Å². The van der Waals surface area contributed by atoms with Crippen LogP contribution in [-0.2, 0) is 11.2 Å². The topological polar surface area (TPSA) is 31.4 Å². The Bertz CT molecular complexity index is 707.